The summed E-state index contributed by atoms with van der Waals surface area (Å²) >= 11 is 0. The second kappa shape index (κ2) is 13.2. The lowest BCUT2D eigenvalue weighted by Crippen LogP contribution is -2.43. The third-order valence-electron chi connectivity index (χ3n) is 4.42. The molecule has 5 nitrogen and oxygen atoms in total. The number of hydrogen-bond donors (Lipinski definition) is 2. The molecule has 1 rings (SSSR count). The van der Waals surface area contributed by atoms with Crippen molar-refractivity contribution in [2.75, 3.05) is 40.5 Å². The standard InChI is InChI=1S/C17H35N3O2.HI/c1-15(2)22-12-7-11-19-16(18-3)20-14-17(10-13-21-4)8-5-6-9-17;/h15H,5-14H2,1-4H3,(H2,18,19,20);1H. The minimum Gasteiger partial charge on any atom is -0.385 e. The van der Waals surface area contributed by atoms with Gasteiger partial charge in [0.25, 0.3) is 0 Å². The lowest BCUT2D eigenvalue weighted by Gasteiger charge is -2.30. The number of hydrogen-bond acceptors (Lipinski definition) is 3. The molecule has 0 aromatic heterocycles. The third-order valence-corrected chi connectivity index (χ3v) is 4.42. The van der Waals surface area contributed by atoms with Gasteiger partial charge in [-0.25, -0.2) is 0 Å². The van der Waals surface area contributed by atoms with Gasteiger partial charge in [0.05, 0.1) is 6.10 Å². The number of ether oxygens (including phenoxy) is 2. The molecule has 1 saturated carbocycles. The molecule has 1 aliphatic carbocycles. The van der Waals surface area contributed by atoms with Crippen molar-refractivity contribution in [3.63, 3.8) is 0 Å². The zero-order valence-corrected chi connectivity index (χ0v) is 17.7. The Bertz CT molecular complexity index is 319. The van der Waals surface area contributed by atoms with E-state index in [2.05, 4.69) is 29.5 Å². The fourth-order valence-electron chi connectivity index (χ4n) is 3.05. The van der Waals surface area contributed by atoms with Crippen LogP contribution in [0.1, 0.15) is 52.4 Å². The summed E-state index contributed by atoms with van der Waals surface area (Å²) in [6, 6.07) is 0. The molecule has 0 heterocycles. The predicted octanol–water partition coefficient (Wildman–Crippen LogP) is 3.18. The van der Waals surface area contributed by atoms with Crippen molar-refractivity contribution in [1.82, 2.24) is 10.6 Å². The smallest absolute Gasteiger partial charge is 0.190 e. The summed E-state index contributed by atoms with van der Waals surface area (Å²) < 4.78 is 10.8. The van der Waals surface area contributed by atoms with E-state index in [0.29, 0.717) is 11.5 Å². The molecule has 0 aromatic carbocycles. The largest absolute Gasteiger partial charge is 0.385 e. The number of nitrogens with one attached hydrogen (secondary N) is 2. The van der Waals surface area contributed by atoms with Gasteiger partial charge >= 0.3 is 0 Å². The molecule has 0 unspecified atom stereocenters. The van der Waals surface area contributed by atoms with Crippen molar-refractivity contribution in [2.45, 2.75) is 58.5 Å². The maximum atomic E-state index is 5.54. The highest BCUT2D eigenvalue weighted by Gasteiger charge is 2.33. The van der Waals surface area contributed by atoms with Crippen LogP contribution in [0.5, 0.6) is 0 Å². The predicted molar refractivity (Wildman–Crippen MR) is 108 cm³/mol. The van der Waals surface area contributed by atoms with E-state index in [1.807, 2.05) is 7.05 Å². The maximum Gasteiger partial charge on any atom is 0.190 e. The van der Waals surface area contributed by atoms with Gasteiger partial charge in [0.1, 0.15) is 0 Å². The van der Waals surface area contributed by atoms with E-state index in [1.54, 1.807) is 7.11 Å². The molecule has 0 saturated heterocycles. The van der Waals surface area contributed by atoms with Crippen LogP contribution < -0.4 is 10.6 Å². The van der Waals surface area contributed by atoms with Crippen molar-refractivity contribution in [3.05, 3.63) is 0 Å². The summed E-state index contributed by atoms with van der Waals surface area (Å²) in [6.07, 6.45) is 7.70. The van der Waals surface area contributed by atoms with Gasteiger partial charge < -0.3 is 20.1 Å². The van der Waals surface area contributed by atoms with Crippen LogP contribution >= 0.6 is 24.0 Å². The topological polar surface area (TPSA) is 54.9 Å². The zero-order chi connectivity index (χ0) is 16.3. The van der Waals surface area contributed by atoms with Crippen LogP contribution in [0.25, 0.3) is 0 Å². The zero-order valence-electron chi connectivity index (χ0n) is 15.3. The number of halogens is 1. The molecule has 0 aromatic rings. The van der Waals surface area contributed by atoms with Gasteiger partial charge in [0.2, 0.25) is 0 Å². The molecule has 0 radical (unpaired) electrons. The number of nitrogens with zero attached hydrogens (tertiary/aromatic N) is 1. The second-order valence-corrected chi connectivity index (χ2v) is 6.58. The summed E-state index contributed by atoms with van der Waals surface area (Å²) in [7, 11) is 3.62. The quantitative estimate of drug-likeness (QED) is 0.237. The molecule has 23 heavy (non-hydrogen) atoms. The van der Waals surface area contributed by atoms with Crippen LogP contribution in [0.4, 0.5) is 0 Å². The molecule has 6 heteroatoms. The van der Waals surface area contributed by atoms with Crippen molar-refractivity contribution >= 4 is 29.9 Å². The van der Waals surface area contributed by atoms with Crippen molar-refractivity contribution in [2.24, 2.45) is 10.4 Å². The van der Waals surface area contributed by atoms with Gasteiger partial charge in [-0.1, -0.05) is 12.8 Å². The molecule has 2 N–H and O–H groups in total. The first-order valence-electron chi connectivity index (χ1n) is 8.67. The number of rotatable bonds is 10. The SMILES string of the molecule is CN=C(NCCCOC(C)C)NCC1(CCOC)CCCC1.I. The lowest BCUT2D eigenvalue weighted by molar-refractivity contribution is 0.0776. The molecule has 0 amide bonds. The minimum absolute atomic E-state index is 0. The number of aliphatic imine (C=N–C) groups is 1. The molecule has 0 aliphatic heterocycles. The first kappa shape index (κ1) is 22.9. The van der Waals surface area contributed by atoms with E-state index >= 15 is 0 Å². The van der Waals surface area contributed by atoms with Gasteiger partial charge in [-0.15, -0.1) is 24.0 Å². The van der Waals surface area contributed by atoms with E-state index in [9.17, 15) is 0 Å². The average molecular weight is 441 g/mol. The summed E-state index contributed by atoms with van der Waals surface area (Å²) in [5, 5.41) is 6.87. The maximum absolute atomic E-state index is 5.54. The molecule has 1 fully saturated rings. The monoisotopic (exact) mass is 441 g/mol. The van der Waals surface area contributed by atoms with Crippen LogP contribution in [-0.4, -0.2) is 52.5 Å². The van der Waals surface area contributed by atoms with Crippen LogP contribution in [0.15, 0.2) is 4.99 Å². The molecular formula is C17H36IN3O2. The number of guanidine groups is 1. The average Bonchev–Trinajstić information content (AvgIpc) is 2.97. The van der Waals surface area contributed by atoms with E-state index in [1.165, 1.54) is 25.7 Å². The Labute approximate surface area is 159 Å². The number of methoxy groups -OCH3 is 1. The Hall–Kier alpha value is -0.0800. The highest BCUT2D eigenvalue weighted by atomic mass is 127. The highest BCUT2D eigenvalue weighted by Crippen LogP contribution is 2.40. The van der Waals surface area contributed by atoms with Gasteiger partial charge in [-0.2, -0.15) is 0 Å². The lowest BCUT2D eigenvalue weighted by atomic mass is 9.83. The van der Waals surface area contributed by atoms with E-state index in [4.69, 9.17) is 9.47 Å². The Morgan fingerprint density at radius 1 is 1.17 bits per heavy atom. The van der Waals surface area contributed by atoms with Gasteiger partial charge in [-0.05, 0) is 44.9 Å². The van der Waals surface area contributed by atoms with Crippen molar-refractivity contribution < 1.29 is 9.47 Å². The van der Waals surface area contributed by atoms with Crippen LogP contribution in [0, 0.1) is 5.41 Å². The molecule has 0 atom stereocenters. The van der Waals surface area contributed by atoms with Crippen LogP contribution in [0.3, 0.4) is 0 Å². The Morgan fingerprint density at radius 3 is 2.43 bits per heavy atom. The first-order valence-corrected chi connectivity index (χ1v) is 8.67. The third kappa shape index (κ3) is 9.72. The highest BCUT2D eigenvalue weighted by molar-refractivity contribution is 14.0. The van der Waals surface area contributed by atoms with E-state index in [-0.39, 0.29) is 24.0 Å². The molecule has 1 aliphatic rings. The van der Waals surface area contributed by atoms with Gasteiger partial charge in [0.15, 0.2) is 5.96 Å². The fourth-order valence-corrected chi connectivity index (χ4v) is 3.05. The molecule has 0 spiro atoms. The summed E-state index contributed by atoms with van der Waals surface area (Å²) in [6.45, 7) is 7.64. The normalized spacial score (nSPS) is 17.2. The minimum atomic E-state index is 0. The van der Waals surface area contributed by atoms with E-state index < -0.39 is 0 Å². The van der Waals surface area contributed by atoms with Crippen LogP contribution in [0.2, 0.25) is 0 Å². The summed E-state index contributed by atoms with van der Waals surface area (Å²) in [5.41, 5.74) is 0.383. The second-order valence-electron chi connectivity index (χ2n) is 6.58. The van der Waals surface area contributed by atoms with Crippen LogP contribution in [-0.2, 0) is 9.47 Å². The Balaban J connectivity index is 0.00000484. The molecule has 138 valence electrons. The van der Waals surface area contributed by atoms with Gasteiger partial charge in [0, 0.05) is 40.5 Å². The first-order chi connectivity index (χ1) is 10.6. The van der Waals surface area contributed by atoms with Crippen molar-refractivity contribution in [1.29, 1.82) is 0 Å². The van der Waals surface area contributed by atoms with Gasteiger partial charge in [-0.3, -0.25) is 4.99 Å². The fraction of sp³-hybridized carbons (Fsp3) is 0.941. The van der Waals surface area contributed by atoms with E-state index in [0.717, 1.165) is 45.1 Å². The molecular weight excluding hydrogens is 405 g/mol. The Morgan fingerprint density at radius 2 is 1.87 bits per heavy atom. The summed E-state index contributed by atoms with van der Waals surface area (Å²) in [5.74, 6) is 0.897. The Kier molecular flexibility index (Phi) is 13.2. The van der Waals surface area contributed by atoms with Crippen molar-refractivity contribution in [3.8, 4) is 0 Å². The molecule has 0 bridgehead atoms. The summed E-state index contributed by atoms with van der Waals surface area (Å²) in [4.78, 5) is 4.32.